The minimum Gasteiger partial charge on any atom is -0.494 e. The van der Waals surface area contributed by atoms with Crippen LogP contribution >= 0.6 is 0 Å². The van der Waals surface area contributed by atoms with Crippen LogP contribution in [0.5, 0.6) is 17.4 Å². The van der Waals surface area contributed by atoms with E-state index >= 15 is 0 Å². The smallest absolute Gasteiger partial charge is 0.416 e. The highest BCUT2D eigenvalue weighted by molar-refractivity contribution is 5.79. The fraction of sp³-hybridized carbons (Fsp3) is 0.208. The van der Waals surface area contributed by atoms with E-state index in [1.807, 2.05) is 45.2 Å². The Kier molecular flexibility index (Phi) is 9.88. The minimum atomic E-state index is -4.37. The average Bonchev–Trinajstić information content (AvgIpc) is 3.36. The van der Waals surface area contributed by atoms with Gasteiger partial charge in [-0.2, -0.15) is 18.2 Å². The molecule has 1 amide bonds. The van der Waals surface area contributed by atoms with Gasteiger partial charge >= 0.3 is 6.18 Å². The number of carbonyl (C=O) groups is 1. The quantitative estimate of drug-likeness (QED) is 0.283. The molecular formula is C24H26F3N5O3. The van der Waals surface area contributed by atoms with Crippen molar-refractivity contribution in [3.8, 4) is 17.4 Å². The summed E-state index contributed by atoms with van der Waals surface area (Å²) in [7, 11) is 3.46. The Labute approximate surface area is 200 Å². The highest BCUT2D eigenvalue weighted by atomic mass is 19.4. The normalized spacial score (nSPS) is 10.3. The summed E-state index contributed by atoms with van der Waals surface area (Å²) in [4.78, 5) is 21.3. The number of nitrogens with zero attached hydrogens (tertiary/aromatic N) is 2. The summed E-state index contributed by atoms with van der Waals surface area (Å²) in [5, 5.41) is 5.19. The fourth-order valence-corrected chi connectivity index (χ4v) is 2.83. The molecule has 0 bridgehead atoms. The van der Waals surface area contributed by atoms with Crippen LogP contribution in [-0.2, 0) is 11.0 Å². The van der Waals surface area contributed by atoms with E-state index < -0.39 is 11.7 Å². The molecule has 0 unspecified atom stereocenters. The van der Waals surface area contributed by atoms with Gasteiger partial charge in [0, 0.05) is 25.0 Å². The van der Waals surface area contributed by atoms with Gasteiger partial charge in [-0.3, -0.25) is 4.79 Å². The standard InChI is InChI=1S/C14H14N4O2.C8H6F3NO.C2H6/c1-15-10-4-3-9(7-12(10)19-2)20-14-13-11(5-6-16-13)17-8-18-14;9-8(10,11)6-2-1-3-7(4-6)12-5-13;1-2/h3-8,15-16H,1-2H3;1-5H,(H,12,13);1-2H3. The second kappa shape index (κ2) is 12.8. The van der Waals surface area contributed by atoms with Gasteiger partial charge in [-0.15, -0.1) is 0 Å². The number of ether oxygens (including phenoxy) is 2. The number of fused-ring (bicyclic) bond motifs is 1. The van der Waals surface area contributed by atoms with E-state index in [1.165, 1.54) is 18.5 Å². The molecule has 0 radical (unpaired) electrons. The van der Waals surface area contributed by atoms with Gasteiger partial charge in [0.2, 0.25) is 12.3 Å². The molecular weight excluding hydrogens is 463 g/mol. The summed E-state index contributed by atoms with van der Waals surface area (Å²) in [6.07, 6.45) is -0.766. The van der Waals surface area contributed by atoms with Gasteiger partial charge in [0.25, 0.3) is 0 Å². The number of aromatic amines is 1. The van der Waals surface area contributed by atoms with E-state index in [0.29, 0.717) is 23.8 Å². The van der Waals surface area contributed by atoms with Gasteiger partial charge in [0.05, 0.1) is 23.9 Å². The van der Waals surface area contributed by atoms with E-state index in [-0.39, 0.29) is 5.69 Å². The maximum atomic E-state index is 12.1. The molecule has 0 atom stereocenters. The Morgan fingerprint density at radius 3 is 2.49 bits per heavy atom. The fourth-order valence-electron chi connectivity index (χ4n) is 2.83. The molecule has 0 aliphatic rings. The van der Waals surface area contributed by atoms with Crippen molar-refractivity contribution in [1.82, 2.24) is 15.0 Å². The van der Waals surface area contributed by atoms with Crippen LogP contribution < -0.4 is 20.1 Å². The van der Waals surface area contributed by atoms with E-state index in [0.717, 1.165) is 28.9 Å². The summed E-state index contributed by atoms with van der Waals surface area (Å²) >= 11 is 0. The molecule has 4 rings (SSSR count). The molecule has 2 aromatic carbocycles. The summed E-state index contributed by atoms with van der Waals surface area (Å²) in [6.45, 7) is 4.00. The van der Waals surface area contributed by atoms with Gasteiger partial charge in [0.1, 0.15) is 23.3 Å². The van der Waals surface area contributed by atoms with Crippen molar-refractivity contribution in [3.63, 3.8) is 0 Å². The Morgan fingerprint density at radius 1 is 1.06 bits per heavy atom. The molecule has 3 N–H and O–H groups in total. The second-order valence-electron chi connectivity index (χ2n) is 6.47. The number of halogens is 3. The Bertz CT molecular complexity index is 1230. The van der Waals surface area contributed by atoms with Crippen LogP contribution in [-0.4, -0.2) is 35.5 Å². The van der Waals surface area contributed by atoms with Gasteiger partial charge in [-0.1, -0.05) is 19.9 Å². The predicted molar refractivity (Wildman–Crippen MR) is 129 cm³/mol. The van der Waals surface area contributed by atoms with Crippen molar-refractivity contribution in [3.05, 3.63) is 66.6 Å². The Morgan fingerprint density at radius 2 is 1.83 bits per heavy atom. The van der Waals surface area contributed by atoms with Crippen molar-refractivity contribution in [2.45, 2.75) is 20.0 Å². The first-order chi connectivity index (χ1) is 16.9. The molecule has 2 aromatic heterocycles. The number of nitrogens with one attached hydrogen (secondary N) is 3. The molecule has 186 valence electrons. The number of methoxy groups -OCH3 is 1. The van der Waals surface area contributed by atoms with Crippen molar-refractivity contribution in [2.75, 3.05) is 24.8 Å². The van der Waals surface area contributed by atoms with Crippen molar-refractivity contribution < 1.29 is 27.4 Å². The van der Waals surface area contributed by atoms with Gasteiger partial charge in [-0.25, -0.2) is 4.98 Å². The molecule has 0 spiro atoms. The van der Waals surface area contributed by atoms with Gasteiger partial charge < -0.3 is 25.1 Å². The summed E-state index contributed by atoms with van der Waals surface area (Å²) in [6, 6.07) is 11.8. The molecule has 0 aliphatic carbocycles. The zero-order valence-electron chi connectivity index (χ0n) is 19.6. The molecule has 2 heterocycles. The van der Waals surface area contributed by atoms with Crippen LogP contribution in [0.15, 0.2) is 61.1 Å². The molecule has 0 aliphatic heterocycles. The molecule has 0 saturated heterocycles. The maximum Gasteiger partial charge on any atom is 0.416 e. The van der Waals surface area contributed by atoms with Gasteiger partial charge in [-0.05, 0) is 36.4 Å². The number of alkyl halides is 3. The number of anilines is 2. The van der Waals surface area contributed by atoms with E-state index in [1.54, 1.807) is 13.3 Å². The lowest BCUT2D eigenvalue weighted by Gasteiger charge is -2.10. The third kappa shape index (κ3) is 7.36. The third-order valence-electron chi connectivity index (χ3n) is 4.38. The van der Waals surface area contributed by atoms with Crippen molar-refractivity contribution in [2.24, 2.45) is 0 Å². The first-order valence-electron chi connectivity index (χ1n) is 10.5. The maximum absolute atomic E-state index is 12.1. The van der Waals surface area contributed by atoms with Crippen LogP contribution in [0.1, 0.15) is 19.4 Å². The van der Waals surface area contributed by atoms with E-state index in [9.17, 15) is 18.0 Å². The topological polar surface area (TPSA) is 101 Å². The predicted octanol–water partition coefficient (Wildman–Crippen LogP) is 6.10. The molecule has 8 nitrogen and oxygen atoms in total. The van der Waals surface area contributed by atoms with Crippen LogP contribution in [0, 0.1) is 0 Å². The monoisotopic (exact) mass is 489 g/mol. The van der Waals surface area contributed by atoms with Crippen LogP contribution in [0.2, 0.25) is 0 Å². The summed E-state index contributed by atoms with van der Waals surface area (Å²) < 4.78 is 47.4. The lowest BCUT2D eigenvalue weighted by atomic mass is 10.2. The zero-order chi connectivity index (χ0) is 25.8. The molecule has 4 aromatic rings. The molecule has 0 saturated carbocycles. The molecule has 11 heteroatoms. The number of amides is 1. The molecule has 35 heavy (non-hydrogen) atoms. The summed E-state index contributed by atoms with van der Waals surface area (Å²) in [5.41, 5.74) is 1.83. The number of hydrogen-bond donors (Lipinski definition) is 3. The van der Waals surface area contributed by atoms with Crippen LogP contribution in [0.3, 0.4) is 0 Å². The molecule has 0 fully saturated rings. The van der Waals surface area contributed by atoms with Crippen LogP contribution in [0.4, 0.5) is 24.5 Å². The summed E-state index contributed by atoms with van der Waals surface area (Å²) in [5.74, 6) is 1.84. The first-order valence-corrected chi connectivity index (χ1v) is 10.5. The first kappa shape index (κ1) is 27.0. The number of rotatable bonds is 6. The van der Waals surface area contributed by atoms with E-state index in [4.69, 9.17) is 9.47 Å². The highest BCUT2D eigenvalue weighted by Gasteiger charge is 2.30. The highest BCUT2D eigenvalue weighted by Crippen LogP contribution is 2.32. The Balaban J connectivity index is 0.000000251. The van der Waals surface area contributed by atoms with Crippen LogP contribution in [0.25, 0.3) is 11.0 Å². The second-order valence-corrected chi connectivity index (χ2v) is 6.47. The number of H-pyrrole nitrogens is 1. The zero-order valence-corrected chi connectivity index (χ0v) is 19.6. The van der Waals surface area contributed by atoms with Crippen molar-refractivity contribution in [1.29, 1.82) is 0 Å². The third-order valence-corrected chi connectivity index (χ3v) is 4.38. The van der Waals surface area contributed by atoms with Crippen molar-refractivity contribution >= 4 is 28.8 Å². The average molecular weight is 489 g/mol. The largest absolute Gasteiger partial charge is 0.494 e. The number of benzene rings is 2. The SMILES string of the molecule is CC.CNc1ccc(Oc2ncnc3cc[nH]c23)cc1OC.O=CNc1cccc(C(F)(F)F)c1. The van der Waals surface area contributed by atoms with Gasteiger partial charge in [0.15, 0.2) is 0 Å². The number of carbonyl (C=O) groups excluding carboxylic acids is 1. The minimum absolute atomic E-state index is 0.129. The number of aromatic nitrogens is 3. The number of hydrogen-bond acceptors (Lipinski definition) is 6. The Hall–Kier alpha value is -4.28. The lowest BCUT2D eigenvalue weighted by Crippen LogP contribution is -2.05. The van der Waals surface area contributed by atoms with E-state index in [2.05, 4.69) is 25.6 Å². The lowest BCUT2D eigenvalue weighted by molar-refractivity contribution is -0.137.